The summed E-state index contributed by atoms with van der Waals surface area (Å²) in [7, 11) is 1.64. The second-order valence-electron chi connectivity index (χ2n) is 8.50. The average molecular weight is 446 g/mol. The van der Waals surface area contributed by atoms with Crippen molar-refractivity contribution in [2.24, 2.45) is 0 Å². The maximum atomic E-state index is 13.8. The van der Waals surface area contributed by atoms with Crippen LogP contribution in [0.4, 0.5) is 0 Å². The number of likely N-dealkylation sites (tertiary alicyclic amines) is 1. The number of amides is 1. The molecule has 5 rings (SSSR count). The fourth-order valence-electron chi connectivity index (χ4n) is 4.60. The summed E-state index contributed by atoms with van der Waals surface area (Å²) in [6, 6.07) is 15.3. The predicted molar refractivity (Wildman–Crippen MR) is 123 cm³/mol. The largest absolute Gasteiger partial charge is 0.497 e. The van der Waals surface area contributed by atoms with Crippen LogP contribution >= 0.6 is 0 Å². The lowest BCUT2D eigenvalue weighted by Crippen LogP contribution is -2.44. The maximum absolute atomic E-state index is 13.8. The summed E-state index contributed by atoms with van der Waals surface area (Å²) in [6.07, 6.45) is 2.40. The Morgan fingerprint density at radius 2 is 2.12 bits per heavy atom. The number of methoxy groups -OCH3 is 1. The van der Waals surface area contributed by atoms with Crippen LogP contribution in [-0.4, -0.2) is 61.2 Å². The first kappa shape index (κ1) is 21.1. The first-order valence-corrected chi connectivity index (χ1v) is 11.2. The van der Waals surface area contributed by atoms with Gasteiger partial charge >= 0.3 is 0 Å². The molecule has 0 aliphatic carbocycles. The van der Waals surface area contributed by atoms with Crippen molar-refractivity contribution in [2.45, 2.75) is 38.1 Å². The number of hydrogen-bond acceptors (Lipinski definition) is 6. The number of piperidine rings is 1. The Bertz CT molecular complexity index is 1230. The van der Waals surface area contributed by atoms with E-state index in [2.05, 4.69) is 20.5 Å². The molecule has 0 saturated carbocycles. The fraction of sp³-hybridized carbons (Fsp3) is 0.375. The molecule has 3 heterocycles. The summed E-state index contributed by atoms with van der Waals surface area (Å²) in [6.45, 7) is 3.15. The van der Waals surface area contributed by atoms with Crippen LogP contribution in [0.5, 0.6) is 5.75 Å². The Kier molecular flexibility index (Phi) is 5.77. The van der Waals surface area contributed by atoms with Crippen LogP contribution in [0.1, 0.15) is 42.0 Å². The van der Waals surface area contributed by atoms with Gasteiger partial charge < -0.3 is 14.6 Å². The lowest BCUT2D eigenvalue weighted by Gasteiger charge is -2.34. The zero-order valence-corrected chi connectivity index (χ0v) is 18.8. The molecular formula is C24H27N7O2. The van der Waals surface area contributed by atoms with E-state index < -0.39 is 6.04 Å². The van der Waals surface area contributed by atoms with Crippen LogP contribution in [0.3, 0.4) is 0 Å². The number of nitrogens with zero attached hydrogens (tertiary/aromatic N) is 6. The number of carbonyl (C=O) groups is 1. The highest BCUT2D eigenvalue weighted by atomic mass is 16.5. The van der Waals surface area contributed by atoms with Crippen LogP contribution in [0, 0.1) is 6.92 Å². The predicted octanol–water partition coefficient (Wildman–Crippen LogP) is 3.06. The second-order valence-corrected chi connectivity index (χ2v) is 8.50. The molecule has 9 nitrogen and oxygen atoms in total. The SMILES string of the molecule is COc1cccc(C[C@@H](C(=O)N2CCC[C@@H](c3nc4ccccc4[nH]3)C2)n2nnnc2C)c1. The number of aromatic amines is 1. The van der Waals surface area contributed by atoms with Crippen LogP contribution in [-0.2, 0) is 11.2 Å². The Balaban J connectivity index is 1.40. The second kappa shape index (κ2) is 9.01. The molecule has 1 N–H and O–H groups in total. The van der Waals surface area contributed by atoms with Gasteiger partial charge in [-0.15, -0.1) is 5.10 Å². The van der Waals surface area contributed by atoms with Gasteiger partial charge in [0.05, 0.1) is 18.1 Å². The number of fused-ring (bicyclic) bond motifs is 1. The summed E-state index contributed by atoms with van der Waals surface area (Å²) in [5, 5.41) is 11.9. The monoisotopic (exact) mass is 445 g/mol. The molecule has 170 valence electrons. The number of carbonyl (C=O) groups excluding carboxylic acids is 1. The van der Waals surface area contributed by atoms with Crippen molar-refractivity contribution in [2.75, 3.05) is 20.2 Å². The number of aryl methyl sites for hydroxylation is 1. The molecule has 2 atom stereocenters. The third-order valence-electron chi connectivity index (χ3n) is 6.33. The molecule has 1 aliphatic rings. The van der Waals surface area contributed by atoms with Gasteiger partial charge in [0.25, 0.3) is 0 Å². The highest BCUT2D eigenvalue weighted by Gasteiger charge is 2.33. The first-order valence-electron chi connectivity index (χ1n) is 11.2. The minimum atomic E-state index is -0.526. The van der Waals surface area contributed by atoms with Crippen molar-refractivity contribution in [3.63, 3.8) is 0 Å². The summed E-state index contributed by atoms with van der Waals surface area (Å²) in [4.78, 5) is 24.0. The Labute approximate surface area is 191 Å². The van der Waals surface area contributed by atoms with Crippen LogP contribution in [0.25, 0.3) is 11.0 Å². The summed E-state index contributed by atoms with van der Waals surface area (Å²) < 4.78 is 6.99. The van der Waals surface area contributed by atoms with E-state index in [0.29, 0.717) is 25.3 Å². The van der Waals surface area contributed by atoms with E-state index in [1.165, 1.54) is 0 Å². The Hall–Kier alpha value is -3.75. The molecule has 2 aromatic carbocycles. The molecule has 33 heavy (non-hydrogen) atoms. The third-order valence-corrected chi connectivity index (χ3v) is 6.33. The van der Waals surface area contributed by atoms with Crippen molar-refractivity contribution in [1.82, 2.24) is 35.1 Å². The minimum Gasteiger partial charge on any atom is -0.497 e. The number of rotatable bonds is 6. The van der Waals surface area contributed by atoms with Crippen molar-refractivity contribution >= 4 is 16.9 Å². The molecular weight excluding hydrogens is 418 g/mol. The van der Waals surface area contributed by atoms with Crippen LogP contribution in [0.2, 0.25) is 0 Å². The molecule has 9 heteroatoms. The molecule has 1 fully saturated rings. The standard InChI is InChI=1S/C24H27N7O2/c1-16-27-28-29-31(16)22(14-17-7-5-9-19(13-17)33-2)24(32)30-12-6-8-18(15-30)23-25-20-10-3-4-11-21(20)26-23/h3-5,7,9-11,13,18,22H,6,8,12,14-15H2,1-2H3,(H,25,26)/t18-,22+/m1/s1. The highest BCUT2D eigenvalue weighted by Crippen LogP contribution is 2.29. The van der Waals surface area contributed by atoms with Gasteiger partial charge in [-0.05, 0) is 60.0 Å². The minimum absolute atomic E-state index is 0.0223. The van der Waals surface area contributed by atoms with Crippen molar-refractivity contribution < 1.29 is 9.53 Å². The molecule has 0 bridgehead atoms. The molecule has 4 aromatic rings. The summed E-state index contributed by atoms with van der Waals surface area (Å²) in [5.41, 5.74) is 2.97. The van der Waals surface area contributed by atoms with Gasteiger partial charge in [0.1, 0.15) is 23.4 Å². The van der Waals surface area contributed by atoms with Gasteiger partial charge in [-0.1, -0.05) is 24.3 Å². The van der Waals surface area contributed by atoms with Crippen LogP contribution < -0.4 is 4.74 Å². The van der Waals surface area contributed by atoms with E-state index in [1.54, 1.807) is 11.8 Å². The number of para-hydroxylation sites is 2. The number of imidazole rings is 1. The molecule has 0 spiro atoms. The lowest BCUT2D eigenvalue weighted by atomic mass is 9.96. The van der Waals surface area contributed by atoms with Gasteiger partial charge in [0.15, 0.2) is 0 Å². The summed E-state index contributed by atoms with van der Waals surface area (Å²) in [5.74, 6) is 2.50. The Morgan fingerprint density at radius 3 is 2.91 bits per heavy atom. The van der Waals surface area contributed by atoms with Crippen molar-refractivity contribution in [3.8, 4) is 5.75 Å². The number of benzene rings is 2. The van der Waals surface area contributed by atoms with E-state index in [4.69, 9.17) is 9.72 Å². The normalized spacial score (nSPS) is 17.3. The Morgan fingerprint density at radius 1 is 1.24 bits per heavy atom. The van der Waals surface area contributed by atoms with E-state index in [1.807, 2.05) is 60.4 Å². The maximum Gasteiger partial charge on any atom is 0.247 e. The lowest BCUT2D eigenvalue weighted by molar-refractivity contribution is -0.136. The molecule has 1 amide bonds. The zero-order valence-electron chi connectivity index (χ0n) is 18.8. The van der Waals surface area contributed by atoms with Gasteiger partial charge in [-0.3, -0.25) is 4.79 Å². The third kappa shape index (κ3) is 4.30. The van der Waals surface area contributed by atoms with E-state index in [-0.39, 0.29) is 11.8 Å². The number of ether oxygens (including phenoxy) is 1. The van der Waals surface area contributed by atoms with Crippen molar-refractivity contribution in [1.29, 1.82) is 0 Å². The highest BCUT2D eigenvalue weighted by molar-refractivity contribution is 5.81. The summed E-state index contributed by atoms with van der Waals surface area (Å²) >= 11 is 0. The van der Waals surface area contributed by atoms with Gasteiger partial charge in [-0.25, -0.2) is 9.67 Å². The smallest absolute Gasteiger partial charge is 0.247 e. The van der Waals surface area contributed by atoms with Gasteiger partial charge in [0.2, 0.25) is 5.91 Å². The number of nitrogens with one attached hydrogen (secondary N) is 1. The average Bonchev–Trinajstić information content (AvgIpc) is 3.48. The molecule has 1 aliphatic heterocycles. The van der Waals surface area contributed by atoms with Crippen molar-refractivity contribution in [3.05, 3.63) is 65.7 Å². The van der Waals surface area contributed by atoms with E-state index >= 15 is 0 Å². The molecule has 1 saturated heterocycles. The van der Waals surface area contributed by atoms with Gasteiger partial charge in [-0.2, -0.15) is 0 Å². The number of tetrazole rings is 1. The molecule has 0 unspecified atom stereocenters. The van der Waals surface area contributed by atoms with E-state index in [0.717, 1.165) is 41.0 Å². The first-order chi connectivity index (χ1) is 16.1. The molecule has 0 radical (unpaired) electrons. The number of H-pyrrole nitrogens is 1. The van der Waals surface area contributed by atoms with Gasteiger partial charge in [0, 0.05) is 25.4 Å². The van der Waals surface area contributed by atoms with E-state index in [9.17, 15) is 4.79 Å². The number of aromatic nitrogens is 6. The zero-order chi connectivity index (χ0) is 22.8. The fourth-order valence-corrected chi connectivity index (χ4v) is 4.60. The number of hydrogen-bond donors (Lipinski definition) is 1. The molecule has 2 aromatic heterocycles. The topological polar surface area (TPSA) is 102 Å². The quantitative estimate of drug-likeness (QED) is 0.489. The van der Waals surface area contributed by atoms with Crippen LogP contribution in [0.15, 0.2) is 48.5 Å².